The highest BCUT2D eigenvalue weighted by Gasteiger charge is 2.30. The lowest BCUT2D eigenvalue weighted by Gasteiger charge is -2.39. The molecule has 1 fully saturated rings. The fraction of sp³-hybridized carbons (Fsp3) is 0.415. The van der Waals surface area contributed by atoms with E-state index in [1.165, 1.54) is 30.9 Å². The lowest BCUT2D eigenvalue weighted by Crippen LogP contribution is -2.50. The SMILES string of the molecule is COc1ccc2cc(S(=O)(=O)NC(CC(=O)NC(Cc3ccc(CN4[C@H](C)CCC[C@@H]4C)cc3)C(=O)N(C)C(C)C)c3ccc(Cl)cc3)ccc2c1. The maximum absolute atomic E-state index is 13.8. The number of fused-ring (bicyclic) bond motifs is 1. The topological polar surface area (TPSA) is 108 Å². The van der Waals surface area contributed by atoms with E-state index in [-0.39, 0.29) is 29.7 Å². The second-order valence-electron chi connectivity index (χ2n) is 14.3. The van der Waals surface area contributed by atoms with Gasteiger partial charge in [0.05, 0.1) is 18.0 Å². The Morgan fingerprint density at radius 3 is 2.15 bits per heavy atom. The minimum absolute atomic E-state index is 0.0591. The molecule has 0 saturated carbocycles. The van der Waals surface area contributed by atoms with E-state index in [2.05, 4.69) is 40.9 Å². The van der Waals surface area contributed by atoms with Crippen molar-refractivity contribution >= 4 is 44.2 Å². The number of nitrogens with zero attached hydrogens (tertiary/aromatic N) is 2. The van der Waals surface area contributed by atoms with Crippen molar-refractivity contribution in [1.82, 2.24) is 19.8 Å². The summed E-state index contributed by atoms with van der Waals surface area (Å²) in [5.41, 5.74) is 2.69. The average molecular weight is 747 g/mol. The van der Waals surface area contributed by atoms with Crippen molar-refractivity contribution in [3.05, 3.63) is 107 Å². The van der Waals surface area contributed by atoms with E-state index < -0.39 is 28.0 Å². The van der Waals surface area contributed by atoms with Crippen LogP contribution in [0.4, 0.5) is 0 Å². The Morgan fingerprint density at radius 1 is 0.904 bits per heavy atom. The van der Waals surface area contributed by atoms with Gasteiger partial charge in [0.25, 0.3) is 0 Å². The van der Waals surface area contributed by atoms with Crippen molar-refractivity contribution in [2.24, 2.45) is 0 Å². The predicted octanol–water partition coefficient (Wildman–Crippen LogP) is 7.27. The lowest BCUT2D eigenvalue weighted by atomic mass is 9.96. The van der Waals surface area contributed by atoms with Crippen LogP contribution in [0, 0.1) is 0 Å². The second-order valence-corrected chi connectivity index (χ2v) is 16.4. The molecule has 0 spiro atoms. The van der Waals surface area contributed by atoms with Crippen molar-refractivity contribution in [3.8, 4) is 5.75 Å². The zero-order chi connectivity index (χ0) is 37.6. The van der Waals surface area contributed by atoms with Gasteiger partial charge in [0.1, 0.15) is 11.8 Å². The van der Waals surface area contributed by atoms with Crippen LogP contribution in [-0.2, 0) is 32.6 Å². The van der Waals surface area contributed by atoms with E-state index in [0.717, 1.165) is 22.9 Å². The molecule has 5 rings (SSSR count). The smallest absolute Gasteiger partial charge is 0.245 e. The van der Waals surface area contributed by atoms with E-state index in [1.54, 1.807) is 67.6 Å². The van der Waals surface area contributed by atoms with E-state index in [1.807, 2.05) is 32.0 Å². The number of sulfonamides is 1. The van der Waals surface area contributed by atoms with Crippen molar-refractivity contribution < 1.29 is 22.7 Å². The number of piperidine rings is 1. The summed E-state index contributed by atoms with van der Waals surface area (Å²) >= 11 is 6.16. The van der Waals surface area contributed by atoms with Gasteiger partial charge < -0.3 is 15.0 Å². The van der Waals surface area contributed by atoms with Gasteiger partial charge in [-0.25, -0.2) is 13.1 Å². The number of benzene rings is 4. The Kier molecular flexibility index (Phi) is 13.0. The number of carbonyl (C=O) groups is 2. The minimum atomic E-state index is -4.08. The summed E-state index contributed by atoms with van der Waals surface area (Å²) in [4.78, 5) is 31.8. The molecule has 4 aromatic rings. The van der Waals surface area contributed by atoms with Crippen molar-refractivity contribution in [2.75, 3.05) is 14.2 Å². The van der Waals surface area contributed by atoms with Gasteiger partial charge in [-0.3, -0.25) is 14.5 Å². The Morgan fingerprint density at radius 2 is 1.52 bits per heavy atom. The summed E-state index contributed by atoms with van der Waals surface area (Å²) in [5.74, 6) is -0.0195. The van der Waals surface area contributed by atoms with Crippen molar-refractivity contribution in [3.63, 3.8) is 0 Å². The largest absolute Gasteiger partial charge is 0.497 e. The number of nitrogens with one attached hydrogen (secondary N) is 2. The van der Waals surface area contributed by atoms with Crippen LogP contribution in [0.15, 0.2) is 89.8 Å². The molecular formula is C41H51ClN4O5S. The molecule has 1 saturated heterocycles. The maximum atomic E-state index is 13.8. The van der Waals surface area contributed by atoms with Crippen LogP contribution in [0.5, 0.6) is 5.75 Å². The van der Waals surface area contributed by atoms with E-state index >= 15 is 0 Å². The highest BCUT2D eigenvalue weighted by molar-refractivity contribution is 7.89. The molecule has 0 bridgehead atoms. The number of rotatable bonds is 14. The van der Waals surface area contributed by atoms with Crippen LogP contribution in [0.1, 0.15) is 76.1 Å². The van der Waals surface area contributed by atoms with Gasteiger partial charge in [-0.15, -0.1) is 0 Å². The molecule has 9 nitrogen and oxygen atoms in total. The van der Waals surface area contributed by atoms with Crippen LogP contribution >= 0.6 is 11.6 Å². The first kappa shape index (κ1) is 39.3. The number of likely N-dealkylation sites (N-methyl/N-ethyl adjacent to an activating group) is 1. The highest BCUT2D eigenvalue weighted by atomic mass is 35.5. The molecule has 1 aliphatic heterocycles. The molecule has 11 heteroatoms. The monoisotopic (exact) mass is 746 g/mol. The first-order valence-corrected chi connectivity index (χ1v) is 19.9. The molecule has 2 unspecified atom stereocenters. The number of ether oxygens (including phenoxy) is 1. The molecule has 52 heavy (non-hydrogen) atoms. The highest BCUT2D eigenvalue weighted by Crippen LogP contribution is 2.28. The minimum Gasteiger partial charge on any atom is -0.497 e. The molecule has 0 aliphatic carbocycles. The normalized spacial score (nSPS) is 17.8. The zero-order valence-electron chi connectivity index (χ0n) is 30.9. The van der Waals surface area contributed by atoms with Crippen molar-refractivity contribution in [2.45, 2.75) is 101 Å². The second kappa shape index (κ2) is 17.2. The third-order valence-corrected chi connectivity index (χ3v) is 12.0. The summed E-state index contributed by atoms with van der Waals surface area (Å²) in [5, 5.41) is 4.99. The Labute approximate surface area is 313 Å². The molecule has 2 amide bonds. The molecule has 278 valence electrons. The summed E-state index contributed by atoms with van der Waals surface area (Å²) in [7, 11) is -0.785. The van der Waals surface area contributed by atoms with E-state index in [9.17, 15) is 18.0 Å². The molecular weight excluding hydrogens is 696 g/mol. The standard InChI is InChI=1S/C41H51ClN4O5S/c1-27(2)45(5)41(48)39(22-30-10-12-31(13-11-30)26-46-28(3)8-7-9-29(46)4)43-40(47)25-38(32-14-18-35(42)19-15-32)44-52(49,50)37-21-17-33-23-36(51-6)20-16-34(33)24-37/h10-21,23-24,27-29,38-39,44H,7-9,22,25-26H2,1-6H3,(H,43,47)/t28-,29+,38?,39?. The first-order chi connectivity index (χ1) is 24.7. The van der Waals surface area contributed by atoms with Gasteiger partial charge in [0.2, 0.25) is 21.8 Å². The van der Waals surface area contributed by atoms with Gasteiger partial charge in [0, 0.05) is 49.6 Å². The zero-order valence-corrected chi connectivity index (χ0v) is 32.5. The van der Waals surface area contributed by atoms with Crippen LogP contribution in [0.3, 0.4) is 0 Å². The van der Waals surface area contributed by atoms with Gasteiger partial charge in [-0.1, -0.05) is 66.6 Å². The van der Waals surface area contributed by atoms with E-state index in [0.29, 0.717) is 28.4 Å². The fourth-order valence-corrected chi connectivity index (χ4v) is 8.21. The fourth-order valence-electron chi connectivity index (χ4n) is 6.83. The first-order valence-electron chi connectivity index (χ1n) is 18.0. The quantitative estimate of drug-likeness (QED) is 0.141. The summed E-state index contributed by atoms with van der Waals surface area (Å²) in [6.07, 6.45) is 3.71. The number of methoxy groups -OCH3 is 1. The molecule has 4 atom stereocenters. The molecule has 0 aromatic heterocycles. The third-order valence-electron chi connectivity index (χ3n) is 10.2. The van der Waals surface area contributed by atoms with Crippen LogP contribution in [0.2, 0.25) is 5.02 Å². The van der Waals surface area contributed by atoms with Crippen LogP contribution in [-0.4, -0.2) is 68.4 Å². The average Bonchev–Trinajstić information content (AvgIpc) is 3.12. The summed E-state index contributed by atoms with van der Waals surface area (Å²) < 4.78 is 35.6. The van der Waals surface area contributed by atoms with Crippen LogP contribution in [0.25, 0.3) is 10.8 Å². The number of likely N-dealkylation sites (tertiary alicyclic amines) is 1. The Balaban J connectivity index is 1.35. The lowest BCUT2D eigenvalue weighted by molar-refractivity contribution is -0.136. The van der Waals surface area contributed by atoms with Gasteiger partial charge >= 0.3 is 0 Å². The van der Waals surface area contributed by atoms with Crippen LogP contribution < -0.4 is 14.8 Å². The number of amides is 2. The summed E-state index contributed by atoms with van der Waals surface area (Å²) in [6, 6.07) is 24.4. The molecule has 0 radical (unpaired) electrons. The molecule has 1 aliphatic rings. The predicted molar refractivity (Wildman–Crippen MR) is 208 cm³/mol. The Hall–Kier alpha value is -3.96. The van der Waals surface area contributed by atoms with Gasteiger partial charge in [0.15, 0.2) is 0 Å². The summed E-state index contributed by atoms with van der Waals surface area (Å²) in [6.45, 7) is 9.29. The molecule has 2 N–H and O–H groups in total. The number of hydrogen-bond donors (Lipinski definition) is 2. The number of carbonyl (C=O) groups excluding carboxylic acids is 2. The van der Waals surface area contributed by atoms with Gasteiger partial charge in [-0.2, -0.15) is 0 Å². The molecule has 4 aromatic carbocycles. The van der Waals surface area contributed by atoms with Gasteiger partial charge in [-0.05, 0) is 104 Å². The van der Waals surface area contributed by atoms with E-state index in [4.69, 9.17) is 16.3 Å². The number of halogens is 1. The molecule has 1 heterocycles. The maximum Gasteiger partial charge on any atom is 0.245 e. The Bertz CT molecular complexity index is 1940. The number of hydrogen-bond acceptors (Lipinski definition) is 6. The third kappa shape index (κ3) is 9.92. The van der Waals surface area contributed by atoms with Crippen molar-refractivity contribution in [1.29, 1.82) is 0 Å².